The zero-order valence-electron chi connectivity index (χ0n) is 18.3. The average Bonchev–Trinajstić information content (AvgIpc) is 3.43. The summed E-state index contributed by atoms with van der Waals surface area (Å²) in [6.07, 6.45) is -6.90. The Morgan fingerprint density at radius 2 is 1.83 bits per heavy atom. The van der Waals surface area contributed by atoms with Crippen molar-refractivity contribution < 1.29 is 31.1 Å². The number of amides is 1. The fourth-order valence-electron chi connectivity index (χ4n) is 4.05. The number of alkyl halides is 6. The van der Waals surface area contributed by atoms with Crippen molar-refractivity contribution in [2.75, 3.05) is 0 Å². The largest absolute Gasteiger partial charge is 0.435 e. The zero-order valence-corrected chi connectivity index (χ0v) is 18.3. The van der Waals surface area contributed by atoms with E-state index in [0.29, 0.717) is 11.1 Å². The lowest BCUT2D eigenvalue weighted by atomic mass is 9.98. The number of nitrogens with one attached hydrogen (secondary N) is 1. The minimum Gasteiger partial charge on any atom is -0.347 e. The van der Waals surface area contributed by atoms with Gasteiger partial charge in [0.05, 0.1) is 5.92 Å². The second kappa shape index (κ2) is 8.60. The normalized spacial score (nSPS) is 16.2. The van der Waals surface area contributed by atoms with Crippen molar-refractivity contribution in [3.8, 4) is 11.4 Å². The molecule has 0 radical (unpaired) electrons. The Hall–Kier alpha value is -3.97. The van der Waals surface area contributed by atoms with Crippen molar-refractivity contribution in [1.29, 1.82) is 0 Å². The van der Waals surface area contributed by atoms with E-state index in [0.717, 1.165) is 4.40 Å². The van der Waals surface area contributed by atoms with Crippen molar-refractivity contribution >= 4 is 11.7 Å². The molecule has 14 heteroatoms. The van der Waals surface area contributed by atoms with Gasteiger partial charge in [0.2, 0.25) is 5.78 Å². The lowest BCUT2D eigenvalue weighted by molar-refractivity contribution is -0.179. The number of aryl methyl sites for hydroxylation is 1. The second-order valence-corrected chi connectivity index (χ2v) is 8.28. The highest BCUT2D eigenvalue weighted by atomic mass is 19.4. The lowest BCUT2D eigenvalue weighted by Crippen LogP contribution is -2.31. The summed E-state index contributed by atoms with van der Waals surface area (Å²) in [5.74, 6) is -2.14. The van der Waals surface area contributed by atoms with Crippen LogP contribution < -0.4 is 5.32 Å². The highest BCUT2D eigenvalue weighted by Crippen LogP contribution is 2.35. The summed E-state index contributed by atoms with van der Waals surface area (Å²) in [7, 11) is 0. The smallest absolute Gasteiger partial charge is 0.347 e. The van der Waals surface area contributed by atoms with Gasteiger partial charge in [-0.15, -0.1) is 0 Å². The van der Waals surface area contributed by atoms with Crippen LogP contribution in [0.25, 0.3) is 17.2 Å². The van der Waals surface area contributed by atoms with Crippen LogP contribution in [0.3, 0.4) is 0 Å². The second-order valence-electron chi connectivity index (χ2n) is 8.28. The zero-order chi connectivity index (χ0) is 25.7. The van der Waals surface area contributed by atoms with Crippen LogP contribution in [0, 0.1) is 5.92 Å². The van der Waals surface area contributed by atoms with Gasteiger partial charge < -0.3 is 5.32 Å². The molecule has 1 aliphatic rings. The van der Waals surface area contributed by atoms with E-state index >= 15 is 0 Å². The maximum absolute atomic E-state index is 13.4. The van der Waals surface area contributed by atoms with Gasteiger partial charge in [0.25, 0.3) is 5.91 Å². The van der Waals surface area contributed by atoms with Crippen LogP contribution in [0.1, 0.15) is 34.0 Å². The summed E-state index contributed by atoms with van der Waals surface area (Å²) in [6.45, 7) is 0.0413. The Morgan fingerprint density at radius 3 is 2.53 bits per heavy atom. The van der Waals surface area contributed by atoms with Gasteiger partial charge in [-0.25, -0.2) is 19.6 Å². The van der Waals surface area contributed by atoms with Crippen LogP contribution in [0.4, 0.5) is 26.3 Å². The molecule has 36 heavy (non-hydrogen) atoms. The molecule has 0 saturated carbocycles. The minimum atomic E-state index is -4.85. The molecule has 1 N–H and O–H groups in total. The lowest BCUT2D eigenvalue weighted by Gasteiger charge is -2.24. The van der Waals surface area contributed by atoms with Crippen LogP contribution in [0.15, 0.2) is 42.7 Å². The summed E-state index contributed by atoms with van der Waals surface area (Å²) >= 11 is 0. The third-order valence-electron chi connectivity index (χ3n) is 5.88. The average molecular weight is 509 g/mol. The number of aromatic nitrogens is 6. The summed E-state index contributed by atoms with van der Waals surface area (Å²) < 4.78 is 81.8. The molecule has 4 heterocycles. The predicted molar refractivity (Wildman–Crippen MR) is 112 cm³/mol. The van der Waals surface area contributed by atoms with Gasteiger partial charge in [-0.2, -0.15) is 31.4 Å². The van der Waals surface area contributed by atoms with Gasteiger partial charge >= 0.3 is 12.4 Å². The van der Waals surface area contributed by atoms with E-state index in [4.69, 9.17) is 0 Å². The first-order valence-corrected chi connectivity index (χ1v) is 10.8. The maximum Gasteiger partial charge on any atom is 0.435 e. The summed E-state index contributed by atoms with van der Waals surface area (Å²) in [6, 6.07) is 7.88. The molecule has 1 amide bonds. The van der Waals surface area contributed by atoms with Crippen molar-refractivity contribution in [3.05, 3.63) is 65.5 Å². The Kier molecular flexibility index (Phi) is 5.68. The number of carbonyl (C=O) groups excluding carboxylic acids is 1. The van der Waals surface area contributed by atoms with E-state index in [1.165, 1.54) is 23.1 Å². The van der Waals surface area contributed by atoms with Gasteiger partial charge in [-0.3, -0.25) is 9.20 Å². The number of rotatable bonds is 4. The molecule has 1 atom stereocenters. The molecule has 4 aromatic rings. The monoisotopic (exact) mass is 509 g/mol. The van der Waals surface area contributed by atoms with Crippen molar-refractivity contribution in [3.63, 3.8) is 0 Å². The van der Waals surface area contributed by atoms with E-state index in [1.54, 1.807) is 24.3 Å². The predicted octanol–water partition coefficient (Wildman–Crippen LogP) is 4.06. The van der Waals surface area contributed by atoms with Crippen LogP contribution in [-0.4, -0.2) is 41.2 Å². The highest BCUT2D eigenvalue weighted by Gasteiger charge is 2.42. The van der Waals surface area contributed by atoms with Crippen molar-refractivity contribution in [1.82, 2.24) is 34.4 Å². The maximum atomic E-state index is 13.4. The number of fused-ring (bicyclic) bond motifs is 2. The first kappa shape index (κ1) is 23.8. The van der Waals surface area contributed by atoms with E-state index in [1.807, 2.05) is 0 Å². The van der Waals surface area contributed by atoms with Crippen LogP contribution >= 0.6 is 0 Å². The Bertz CT molecular complexity index is 1420. The van der Waals surface area contributed by atoms with Crippen molar-refractivity contribution in [2.24, 2.45) is 5.92 Å². The molecule has 0 aliphatic carbocycles. The standard InChI is InChI=1S/C22H17F6N7O/c23-21(24,25)14-6-9-35-15(10-14)31-18(33-35)13-4-2-12(3-5-13)11-30-19(36)16-17(22(26,27)28)32-20-29-7-1-8-34(16)20/h1-5,7-8,14H,6,9-11H2,(H,30,36). The van der Waals surface area contributed by atoms with E-state index in [-0.39, 0.29) is 43.4 Å². The number of halogens is 6. The molecular formula is C22H17F6N7O. The van der Waals surface area contributed by atoms with Gasteiger partial charge in [-0.1, -0.05) is 24.3 Å². The number of hydrogen-bond donors (Lipinski definition) is 1. The van der Waals surface area contributed by atoms with Gasteiger partial charge in [0, 0.05) is 37.5 Å². The molecule has 8 nitrogen and oxygen atoms in total. The fraction of sp³-hybridized carbons (Fsp3) is 0.318. The van der Waals surface area contributed by atoms with E-state index < -0.39 is 35.6 Å². The fourth-order valence-corrected chi connectivity index (χ4v) is 4.05. The minimum absolute atomic E-state index is 0.0590. The molecule has 0 spiro atoms. The van der Waals surface area contributed by atoms with Gasteiger partial charge in [0.15, 0.2) is 11.5 Å². The number of benzene rings is 1. The first-order chi connectivity index (χ1) is 17.0. The third-order valence-corrected chi connectivity index (χ3v) is 5.88. The van der Waals surface area contributed by atoms with Gasteiger partial charge in [0.1, 0.15) is 11.5 Å². The number of imidazole rings is 1. The summed E-state index contributed by atoms with van der Waals surface area (Å²) in [5.41, 5.74) is -0.875. The highest BCUT2D eigenvalue weighted by molar-refractivity contribution is 5.94. The van der Waals surface area contributed by atoms with Crippen LogP contribution in [0.2, 0.25) is 0 Å². The Morgan fingerprint density at radius 1 is 1.08 bits per heavy atom. The third kappa shape index (κ3) is 4.50. The van der Waals surface area contributed by atoms with Crippen molar-refractivity contribution in [2.45, 2.75) is 38.3 Å². The number of carbonyl (C=O) groups is 1. The van der Waals surface area contributed by atoms with Crippen LogP contribution in [-0.2, 0) is 25.7 Å². The molecule has 1 unspecified atom stereocenters. The first-order valence-electron chi connectivity index (χ1n) is 10.8. The van der Waals surface area contributed by atoms with Crippen LogP contribution in [0.5, 0.6) is 0 Å². The summed E-state index contributed by atoms with van der Waals surface area (Å²) in [5, 5.41) is 6.74. The van der Waals surface area contributed by atoms with Gasteiger partial charge in [-0.05, 0) is 18.1 Å². The molecule has 0 bridgehead atoms. The molecule has 3 aromatic heterocycles. The molecule has 5 rings (SSSR count). The SMILES string of the molecule is O=C(NCc1ccc(-c2nc3n(n2)CCC(C(F)(F)F)C3)cc1)c1c(C(F)(F)F)nc2ncccn12. The molecule has 1 aromatic carbocycles. The van der Waals surface area contributed by atoms with E-state index in [9.17, 15) is 31.1 Å². The number of nitrogens with zero attached hydrogens (tertiary/aromatic N) is 6. The molecule has 0 saturated heterocycles. The molecule has 0 fully saturated rings. The Balaban J connectivity index is 1.30. The Labute approximate surface area is 199 Å². The molecular weight excluding hydrogens is 492 g/mol. The molecule has 188 valence electrons. The molecule has 1 aliphatic heterocycles. The number of hydrogen-bond acceptors (Lipinski definition) is 5. The van der Waals surface area contributed by atoms with E-state index in [2.05, 4.69) is 25.4 Å². The summed E-state index contributed by atoms with van der Waals surface area (Å²) in [4.78, 5) is 24.1. The quantitative estimate of drug-likeness (QED) is 0.419. The topological polar surface area (TPSA) is 90.0 Å².